The molecule has 1 fully saturated rings. The molecule has 2 rings (SSSR count). The predicted molar refractivity (Wildman–Crippen MR) is 72.8 cm³/mol. The summed E-state index contributed by atoms with van der Waals surface area (Å²) in [5.74, 6) is -1.10. The van der Waals surface area contributed by atoms with E-state index in [2.05, 4.69) is 26.2 Å². The third-order valence-corrected chi connectivity index (χ3v) is 4.06. The fourth-order valence-corrected chi connectivity index (χ4v) is 2.61. The number of rotatable bonds is 4. The van der Waals surface area contributed by atoms with Gasteiger partial charge in [-0.25, -0.2) is 4.98 Å². The van der Waals surface area contributed by atoms with E-state index in [1.165, 1.54) is 6.20 Å². The maximum Gasteiger partial charge on any atom is 0.311 e. The van der Waals surface area contributed by atoms with Gasteiger partial charge in [-0.2, -0.15) is 0 Å². The zero-order chi connectivity index (χ0) is 13.9. The van der Waals surface area contributed by atoms with Gasteiger partial charge in [0, 0.05) is 12.7 Å². The van der Waals surface area contributed by atoms with E-state index in [0.29, 0.717) is 23.0 Å². The van der Waals surface area contributed by atoms with Gasteiger partial charge >= 0.3 is 5.97 Å². The van der Waals surface area contributed by atoms with Crippen LogP contribution in [0.3, 0.4) is 0 Å². The number of carboxylic acid groups (broad SMARTS) is 1. The van der Waals surface area contributed by atoms with Crippen molar-refractivity contribution in [3.63, 3.8) is 0 Å². The van der Waals surface area contributed by atoms with E-state index >= 15 is 0 Å². The van der Waals surface area contributed by atoms with Crippen molar-refractivity contribution in [3.8, 4) is 0 Å². The minimum absolute atomic E-state index is 0.178. The second kappa shape index (κ2) is 5.69. The highest BCUT2D eigenvalue weighted by molar-refractivity contribution is 9.10. The van der Waals surface area contributed by atoms with Crippen LogP contribution >= 0.6 is 15.9 Å². The van der Waals surface area contributed by atoms with Crippen molar-refractivity contribution in [1.82, 2.24) is 10.3 Å². The second-order valence-electron chi connectivity index (χ2n) is 4.84. The molecule has 0 saturated heterocycles. The molecular weight excluding hydrogens is 312 g/mol. The third kappa shape index (κ3) is 3.12. The quantitative estimate of drug-likeness (QED) is 0.831. The monoisotopic (exact) mass is 326 g/mol. The summed E-state index contributed by atoms with van der Waals surface area (Å²) >= 11 is 3.19. The lowest BCUT2D eigenvalue weighted by atomic mass is 9.86. The van der Waals surface area contributed by atoms with Crippen molar-refractivity contribution in [2.45, 2.75) is 25.7 Å². The number of aromatic nitrogens is 1. The molecule has 0 aromatic carbocycles. The smallest absolute Gasteiger partial charge is 0.311 e. The van der Waals surface area contributed by atoms with Crippen LogP contribution in [-0.2, 0) is 4.79 Å². The van der Waals surface area contributed by atoms with Crippen LogP contribution in [0.2, 0.25) is 0 Å². The fourth-order valence-electron chi connectivity index (χ4n) is 2.38. The van der Waals surface area contributed by atoms with Crippen molar-refractivity contribution in [3.05, 3.63) is 28.5 Å². The van der Waals surface area contributed by atoms with Crippen LogP contribution in [-0.4, -0.2) is 28.5 Å². The lowest BCUT2D eigenvalue weighted by Gasteiger charge is -2.23. The van der Waals surface area contributed by atoms with E-state index in [4.69, 9.17) is 0 Å². The first-order chi connectivity index (χ1) is 9.03. The molecule has 1 aromatic rings. The predicted octanol–water partition coefficient (Wildman–Crippen LogP) is 2.22. The van der Waals surface area contributed by atoms with Crippen LogP contribution < -0.4 is 5.32 Å². The Morgan fingerprint density at radius 1 is 1.37 bits per heavy atom. The van der Waals surface area contributed by atoms with E-state index in [1.807, 2.05) is 0 Å². The molecule has 0 radical (unpaired) electrons. The zero-order valence-corrected chi connectivity index (χ0v) is 11.9. The van der Waals surface area contributed by atoms with Gasteiger partial charge < -0.3 is 10.4 Å². The summed E-state index contributed by atoms with van der Waals surface area (Å²) in [5.41, 5.74) is -0.361. The highest BCUT2D eigenvalue weighted by Gasteiger charge is 2.41. The normalized spacial score (nSPS) is 17.1. The van der Waals surface area contributed by atoms with Gasteiger partial charge in [0.1, 0.15) is 4.60 Å². The summed E-state index contributed by atoms with van der Waals surface area (Å²) in [5, 5.41) is 12.0. The number of halogens is 1. The summed E-state index contributed by atoms with van der Waals surface area (Å²) in [4.78, 5) is 27.2. The van der Waals surface area contributed by atoms with Crippen LogP contribution in [0, 0.1) is 5.41 Å². The Morgan fingerprint density at radius 2 is 2.05 bits per heavy atom. The van der Waals surface area contributed by atoms with Crippen LogP contribution in [0.1, 0.15) is 36.0 Å². The molecule has 0 unspecified atom stereocenters. The first-order valence-electron chi connectivity index (χ1n) is 6.17. The van der Waals surface area contributed by atoms with Crippen LogP contribution in [0.4, 0.5) is 0 Å². The molecule has 1 amide bonds. The molecule has 102 valence electrons. The molecular formula is C13H15BrN2O3. The summed E-state index contributed by atoms with van der Waals surface area (Å²) < 4.78 is 0.654. The topological polar surface area (TPSA) is 79.3 Å². The zero-order valence-electron chi connectivity index (χ0n) is 10.4. The lowest BCUT2D eigenvalue weighted by molar-refractivity contribution is -0.148. The lowest BCUT2D eigenvalue weighted by Crippen LogP contribution is -2.41. The van der Waals surface area contributed by atoms with Crippen molar-refractivity contribution in [2.75, 3.05) is 6.54 Å². The number of nitrogens with one attached hydrogen (secondary N) is 1. The molecule has 19 heavy (non-hydrogen) atoms. The molecule has 1 aromatic heterocycles. The minimum Gasteiger partial charge on any atom is -0.481 e. The van der Waals surface area contributed by atoms with Crippen molar-refractivity contribution >= 4 is 27.8 Å². The highest BCUT2D eigenvalue weighted by atomic mass is 79.9. The number of amides is 1. The maximum atomic E-state index is 11.9. The number of carbonyl (C=O) groups excluding carboxylic acids is 1. The van der Waals surface area contributed by atoms with E-state index in [1.54, 1.807) is 12.1 Å². The number of aliphatic carboxylic acids is 1. The van der Waals surface area contributed by atoms with Crippen LogP contribution in [0.25, 0.3) is 0 Å². The summed E-state index contributed by atoms with van der Waals surface area (Å²) in [6.07, 6.45) is 4.52. The van der Waals surface area contributed by atoms with Crippen LogP contribution in [0.5, 0.6) is 0 Å². The van der Waals surface area contributed by atoms with Crippen molar-refractivity contribution in [1.29, 1.82) is 0 Å². The second-order valence-corrected chi connectivity index (χ2v) is 5.66. The first kappa shape index (κ1) is 14.0. The molecule has 0 spiro atoms. The van der Waals surface area contributed by atoms with E-state index in [-0.39, 0.29) is 12.5 Å². The highest BCUT2D eigenvalue weighted by Crippen LogP contribution is 2.37. The molecule has 1 heterocycles. The van der Waals surface area contributed by atoms with Crippen LogP contribution in [0.15, 0.2) is 22.9 Å². The number of carbonyl (C=O) groups is 2. The van der Waals surface area contributed by atoms with E-state index in [9.17, 15) is 14.7 Å². The average molecular weight is 327 g/mol. The molecule has 0 bridgehead atoms. The number of hydrogen-bond acceptors (Lipinski definition) is 3. The Balaban J connectivity index is 1.99. The Bertz CT molecular complexity index is 481. The Labute approximate surface area is 119 Å². The Morgan fingerprint density at radius 3 is 2.58 bits per heavy atom. The number of hydrogen-bond donors (Lipinski definition) is 2. The first-order valence-corrected chi connectivity index (χ1v) is 6.96. The fraction of sp³-hybridized carbons (Fsp3) is 0.462. The number of nitrogens with zero attached hydrogens (tertiary/aromatic N) is 1. The third-order valence-electron chi connectivity index (χ3n) is 3.59. The standard InChI is InChI=1S/C13H15BrN2O3/c14-10-4-3-9(7-15-10)11(17)16-8-13(12(18)19)5-1-2-6-13/h3-4,7H,1-2,5-6,8H2,(H,16,17)(H,18,19). The molecule has 0 atom stereocenters. The van der Waals surface area contributed by atoms with Gasteiger partial charge in [0.25, 0.3) is 5.91 Å². The summed E-state index contributed by atoms with van der Waals surface area (Å²) in [7, 11) is 0. The van der Waals surface area contributed by atoms with Crippen molar-refractivity contribution < 1.29 is 14.7 Å². The Kier molecular flexibility index (Phi) is 4.19. The SMILES string of the molecule is O=C(NCC1(C(=O)O)CCCC1)c1ccc(Br)nc1. The summed E-state index contributed by atoms with van der Waals surface area (Å²) in [6, 6.07) is 3.33. The van der Waals surface area contributed by atoms with Gasteiger partial charge in [-0.15, -0.1) is 0 Å². The molecule has 1 aliphatic rings. The minimum atomic E-state index is -0.820. The van der Waals surface area contributed by atoms with Gasteiger partial charge in [-0.1, -0.05) is 12.8 Å². The molecule has 2 N–H and O–H groups in total. The van der Waals surface area contributed by atoms with Gasteiger partial charge in [-0.3, -0.25) is 9.59 Å². The molecule has 0 aliphatic heterocycles. The van der Waals surface area contributed by atoms with Gasteiger partial charge in [0.15, 0.2) is 0 Å². The molecule has 6 heteroatoms. The van der Waals surface area contributed by atoms with Gasteiger partial charge in [-0.05, 0) is 40.9 Å². The van der Waals surface area contributed by atoms with Gasteiger partial charge in [0.2, 0.25) is 0 Å². The van der Waals surface area contributed by atoms with E-state index in [0.717, 1.165) is 12.8 Å². The number of carboxylic acids is 1. The Hall–Kier alpha value is -1.43. The number of pyridine rings is 1. The maximum absolute atomic E-state index is 11.9. The molecule has 1 aliphatic carbocycles. The summed E-state index contributed by atoms with van der Waals surface area (Å²) in [6.45, 7) is 0.178. The van der Waals surface area contributed by atoms with Gasteiger partial charge in [0.05, 0.1) is 11.0 Å². The van der Waals surface area contributed by atoms with Crippen molar-refractivity contribution in [2.24, 2.45) is 5.41 Å². The largest absolute Gasteiger partial charge is 0.481 e. The van der Waals surface area contributed by atoms with E-state index < -0.39 is 11.4 Å². The average Bonchev–Trinajstić information content (AvgIpc) is 2.87. The molecule has 1 saturated carbocycles. The molecule has 5 nitrogen and oxygen atoms in total.